The molecule has 4 aromatic carbocycles. The van der Waals surface area contributed by atoms with Crippen molar-refractivity contribution < 1.29 is 13.7 Å². The Kier molecular flexibility index (Phi) is 6.39. The molecule has 5 nitrogen and oxygen atoms in total. The van der Waals surface area contributed by atoms with E-state index in [1.54, 1.807) is 12.3 Å². The number of aromatic nitrogens is 1. The normalized spacial score (nSPS) is 12.9. The second-order valence-electron chi connectivity index (χ2n) is 7.78. The third-order valence-electron chi connectivity index (χ3n) is 5.44. The van der Waals surface area contributed by atoms with Gasteiger partial charge in [0.25, 0.3) is 0 Å². The zero-order valence-electron chi connectivity index (χ0n) is 18.3. The molecule has 5 aromatic rings. The largest absolute Gasteiger partial charge is 0.413 e. The van der Waals surface area contributed by atoms with Crippen LogP contribution in [0, 0.1) is 0 Å². The third kappa shape index (κ3) is 4.86. The van der Waals surface area contributed by atoms with Crippen LogP contribution in [0.1, 0.15) is 16.8 Å². The zero-order chi connectivity index (χ0) is 23.2. The van der Waals surface area contributed by atoms with E-state index in [4.69, 9.17) is 9.15 Å². The molecule has 0 radical (unpaired) electrons. The lowest BCUT2D eigenvalue weighted by atomic mass is 10.0. The SMILES string of the molecule is O=P(ONc1ccccc1)(Oc1cc2ccccc2cn1)C(c1ccccc1)c1ccccc1. The molecule has 0 aliphatic carbocycles. The summed E-state index contributed by atoms with van der Waals surface area (Å²) in [5.74, 6) is 0.230. The van der Waals surface area contributed by atoms with Crippen molar-refractivity contribution in [1.82, 2.24) is 4.98 Å². The van der Waals surface area contributed by atoms with E-state index in [0.717, 1.165) is 21.9 Å². The third-order valence-corrected chi connectivity index (χ3v) is 7.45. The molecule has 6 heteroatoms. The Morgan fingerprint density at radius 2 is 1.21 bits per heavy atom. The quantitative estimate of drug-likeness (QED) is 0.188. The Morgan fingerprint density at radius 1 is 0.676 bits per heavy atom. The summed E-state index contributed by atoms with van der Waals surface area (Å²) >= 11 is 0. The van der Waals surface area contributed by atoms with E-state index in [-0.39, 0.29) is 5.88 Å². The van der Waals surface area contributed by atoms with Gasteiger partial charge in [0.2, 0.25) is 5.88 Å². The lowest BCUT2D eigenvalue weighted by molar-refractivity contribution is 0.308. The molecule has 1 heterocycles. The number of para-hydroxylation sites is 1. The minimum Gasteiger partial charge on any atom is -0.404 e. The molecular formula is C28H23N2O3P. The summed E-state index contributed by atoms with van der Waals surface area (Å²) in [6.45, 7) is 0. The molecule has 1 atom stereocenters. The Hall–Kier alpha value is -3.92. The maximum Gasteiger partial charge on any atom is 0.413 e. The fourth-order valence-electron chi connectivity index (χ4n) is 3.82. The highest BCUT2D eigenvalue weighted by molar-refractivity contribution is 7.55. The summed E-state index contributed by atoms with van der Waals surface area (Å²) in [4.78, 5) is 4.41. The van der Waals surface area contributed by atoms with Gasteiger partial charge in [0.1, 0.15) is 5.66 Å². The molecule has 5 rings (SSSR count). The number of pyridine rings is 1. The van der Waals surface area contributed by atoms with Gasteiger partial charge in [-0.2, -0.15) is 4.62 Å². The lowest BCUT2D eigenvalue weighted by Crippen LogP contribution is -2.13. The summed E-state index contributed by atoms with van der Waals surface area (Å²) < 4.78 is 26.8. The summed E-state index contributed by atoms with van der Waals surface area (Å²) in [6, 6.07) is 38.1. The van der Waals surface area contributed by atoms with E-state index in [0.29, 0.717) is 5.69 Å². The van der Waals surface area contributed by atoms with Crippen LogP contribution in [-0.2, 0) is 9.19 Å². The van der Waals surface area contributed by atoms with E-state index in [1.165, 1.54) is 0 Å². The molecule has 0 saturated carbocycles. The first kappa shape index (κ1) is 21.9. The monoisotopic (exact) mass is 466 g/mol. The molecule has 0 saturated heterocycles. The number of nitrogens with one attached hydrogen (secondary N) is 1. The van der Waals surface area contributed by atoms with Gasteiger partial charge in [0.15, 0.2) is 0 Å². The molecule has 0 aliphatic rings. The average molecular weight is 466 g/mol. The average Bonchev–Trinajstić information content (AvgIpc) is 2.89. The van der Waals surface area contributed by atoms with Gasteiger partial charge >= 0.3 is 7.60 Å². The second-order valence-corrected chi connectivity index (χ2v) is 9.75. The second kappa shape index (κ2) is 9.92. The smallest absolute Gasteiger partial charge is 0.404 e. The highest BCUT2D eigenvalue weighted by Crippen LogP contribution is 2.62. The van der Waals surface area contributed by atoms with Crippen LogP contribution in [0.15, 0.2) is 128 Å². The number of anilines is 1. The molecule has 0 fully saturated rings. The van der Waals surface area contributed by atoms with Crippen LogP contribution in [0.4, 0.5) is 5.69 Å². The molecule has 1 N–H and O–H groups in total. The highest BCUT2D eigenvalue weighted by Gasteiger charge is 2.41. The number of hydrogen-bond donors (Lipinski definition) is 1. The maximum absolute atomic E-state index is 14.6. The van der Waals surface area contributed by atoms with Crippen molar-refractivity contribution in [3.63, 3.8) is 0 Å². The first-order valence-electron chi connectivity index (χ1n) is 10.9. The van der Waals surface area contributed by atoms with Gasteiger partial charge in [-0.3, -0.25) is 5.48 Å². The Balaban J connectivity index is 1.59. The van der Waals surface area contributed by atoms with E-state index in [1.807, 2.05) is 115 Å². The molecule has 0 bridgehead atoms. The highest BCUT2D eigenvalue weighted by atomic mass is 31.2. The van der Waals surface area contributed by atoms with Crippen LogP contribution in [0.5, 0.6) is 5.88 Å². The van der Waals surface area contributed by atoms with Crippen molar-refractivity contribution in [2.24, 2.45) is 0 Å². The molecule has 1 unspecified atom stereocenters. The predicted molar refractivity (Wildman–Crippen MR) is 136 cm³/mol. The van der Waals surface area contributed by atoms with Gasteiger partial charge in [-0.25, -0.2) is 9.55 Å². The van der Waals surface area contributed by atoms with Crippen molar-refractivity contribution in [3.8, 4) is 5.88 Å². The van der Waals surface area contributed by atoms with Crippen LogP contribution in [0.3, 0.4) is 0 Å². The van der Waals surface area contributed by atoms with Crippen LogP contribution in [0.2, 0.25) is 0 Å². The molecule has 0 amide bonds. The number of rotatable bonds is 8. The molecule has 0 aliphatic heterocycles. The fourth-order valence-corrected chi connectivity index (χ4v) is 5.73. The molecule has 34 heavy (non-hydrogen) atoms. The maximum atomic E-state index is 14.6. The van der Waals surface area contributed by atoms with Gasteiger partial charge in [0, 0.05) is 17.6 Å². The Labute approximate surface area is 198 Å². The summed E-state index contributed by atoms with van der Waals surface area (Å²) in [6.07, 6.45) is 1.71. The molecule has 1 aromatic heterocycles. The van der Waals surface area contributed by atoms with Crippen LogP contribution < -0.4 is 10.0 Å². The lowest BCUT2D eigenvalue weighted by Gasteiger charge is -2.27. The first-order chi connectivity index (χ1) is 16.7. The molecular weight excluding hydrogens is 443 g/mol. The minimum atomic E-state index is -3.91. The number of fused-ring (bicyclic) bond motifs is 1. The minimum absolute atomic E-state index is 0.230. The number of benzene rings is 4. The van der Waals surface area contributed by atoms with E-state index < -0.39 is 13.3 Å². The number of hydrogen-bond acceptors (Lipinski definition) is 5. The zero-order valence-corrected chi connectivity index (χ0v) is 19.2. The summed E-state index contributed by atoms with van der Waals surface area (Å²) in [7, 11) is -3.91. The van der Waals surface area contributed by atoms with Gasteiger partial charge < -0.3 is 4.52 Å². The van der Waals surface area contributed by atoms with Gasteiger partial charge in [-0.05, 0) is 28.6 Å². The van der Waals surface area contributed by atoms with Crippen molar-refractivity contribution >= 4 is 24.1 Å². The van der Waals surface area contributed by atoms with E-state index in [2.05, 4.69) is 10.5 Å². The van der Waals surface area contributed by atoms with Crippen molar-refractivity contribution in [2.45, 2.75) is 5.66 Å². The molecule has 0 spiro atoms. The Morgan fingerprint density at radius 3 is 1.82 bits per heavy atom. The molecule has 168 valence electrons. The summed E-state index contributed by atoms with van der Waals surface area (Å²) in [5, 5.41) is 1.90. The topological polar surface area (TPSA) is 60.5 Å². The first-order valence-corrected chi connectivity index (χ1v) is 12.6. The summed E-state index contributed by atoms with van der Waals surface area (Å²) in [5.41, 5.74) is 4.46. The van der Waals surface area contributed by atoms with Crippen LogP contribution in [-0.4, -0.2) is 4.98 Å². The van der Waals surface area contributed by atoms with Crippen LogP contribution in [0.25, 0.3) is 10.8 Å². The number of nitrogens with zero attached hydrogens (tertiary/aromatic N) is 1. The predicted octanol–water partition coefficient (Wildman–Crippen LogP) is 7.64. The Bertz CT molecular complexity index is 1370. The van der Waals surface area contributed by atoms with Gasteiger partial charge in [-0.15, -0.1) is 0 Å². The fraction of sp³-hybridized carbons (Fsp3) is 0.0357. The van der Waals surface area contributed by atoms with Crippen molar-refractivity contribution in [3.05, 3.63) is 139 Å². The standard InChI is InChI=1S/C28H23N2O3P/c31-34(33-30-26-18-8-3-9-19-26,32-27-20-24-16-10-11-17-25(24)21-29-27)28(22-12-4-1-5-13-22)23-14-6-2-7-15-23/h1-21,28,30H. The van der Waals surface area contributed by atoms with Gasteiger partial charge in [-0.1, -0.05) is 103 Å². The van der Waals surface area contributed by atoms with E-state index in [9.17, 15) is 4.57 Å². The van der Waals surface area contributed by atoms with Crippen molar-refractivity contribution in [1.29, 1.82) is 0 Å². The van der Waals surface area contributed by atoms with E-state index >= 15 is 0 Å². The van der Waals surface area contributed by atoms with Crippen LogP contribution >= 0.6 is 7.60 Å². The van der Waals surface area contributed by atoms with Crippen molar-refractivity contribution in [2.75, 3.05) is 5.48 Å². The van der Waals surface area contributed by atoms with Gasteiger partial charge in [0.05, 0.1) is 5.69 Å².